The number of carbonyl (C=O) groups is 3. The first-order valence-corrected chi connectivity index (χ1v) is 6.94. The first kappa shape index (κ1) is 16.3. The van der Waals surface area contributed by atoms with Crippen LogP contribution in [0.25, 0.3) is 0 Å². The number of likely N-dealkylation sites (tertiary alicyclic amines) is 1. The van der Waals surface area contributed by atoms with Crippen molar-refractivity contribution in [1.29, 1.82) is 0 Å². The largest absolute Gasteiger partial charge is 0.481 e. The number of hydrogen-bond donors (Lipinski definition) is 2. The highest BCUT2D eigenvalue weighted by atomic mass is 16.4. The Bertz CT molecular complexity index is 380. The Balaban J connectivity index is 2.46. The second-order valence-corrected chi connectivity index (χ2v) is 5.04. The normalized spacial score (nSPS) is 16.2. The topological polar surface area (TPSA) is 90.0 Å². The molecule has 2 N–H and O–H groups in total. The van der Waals surface area contributed by atoms with Crippen molar-refractivity contribution >= 4 is 17.9 Å². The number of nitrogens with one attached hydrogen (secondary N) is 1. The number of aliphatic carboxylic acids is 1. The predicted molar refractivity (Wildman–Crippen MR) is 73.2 cm³/mol. The fraction of sp³-hybridized carbons (Fsp3) is 0.769. The minimum absolute atomic E-state index is 0.000348. The molecule has 7 nitrogen and oxygen atoms in total. The number of carbonyl (C=O) groups excluding carboxylic acids is 2. The molecule has 1 saturated heterocycles. The van der Waals surface area contributed by atoms with Gasteiger partial charge in [-0.25, -0.2) is 4.79 Å². The number of amides is 3. The highest BCUT2D eigenvalue weighted by molar-refractivity contribution is 5.84. The molecule has 0 radical (unpaired) electrons. The lowest BCUT2D eigenvalue weighted by Gasteiger charge is -2.43. The lowest BCUT2D eigenvalue weighted by Crippen LogP contribution is -2.58. The van der Waals surface area contributed by atoms with Gasteiger partial charge in [0.2, 0.25) is 5.91 Å². The Morgan fingerprint density at radius 2 is 1.95 bits per heavy atom. The summed E-state index contributed by atoms with van der Waals surface area (Å²) in [4.78, 5) is 37.6. The highest BCUT2D eigenvalue weighted by Gasteiger charge is 2.38. The predicted octanol–water partition coefficient (Wildman–Crippen LogP) is 0.217. The minimum atomic E-state index is -0.836. The van der Waals surface area contributed by atoms with Gasteiger partial charge in [0.15, 0.2) is 0 Å². The molecule has 1 aliphatic heterocycles. The summed E-state index contributed by atoms with van der Waals surface area (Å²) in [6, 6.07) is -0.201. The number of rotatable bonds is 6. The summed E-state index contributed by atoms with van der Waals surface area (Å²) in [5, 5.41) is 11.6. The fourth-order valence-electron chi connectivity index (χ4n) is 2.13. The van der Waals surface area contributed by atoms with Crippen molar-refractivity contribution in [2.24, 2.45) is 11.8 Å². The zero-order chi connectivity index (χ0) is 15.3. The van der Waals surface area contributed by atoms with E-state index in [-0.39, 0.29) is 24.4 Å². The van der Waals surface area contributed by atoms with Gasteiger partial charge >= 0.3 is 12.0 Å². The van der Waals surface area contributed by atoms with Crippen LogP contribution in [0.1, 0.15) is 20.8 Å². The SMILES string of the molecule is CCNC(=O)CN(CC)C(=O)N1CC(C(C)C(=O)O)C1. The molecule has 0 aliphatic carbocycles. The van der Waals surface area contributed by atoms with E-state index in [2.05, 4.69) is 5.32 Å². The number of nitrogens with zero attached hydrogens (tertiary/aromatic N) is 2. The molecule has 3 amide bonds. The van der Waals surface area contributed by atoms with Crippen molar-refractivity contribution in [2.45, 2.75) is 20.8 Å². The van der Waals surface area contributed by atoms with E-state index in [4.69, 9.17) is 5.11 Å². The van der Waals surface area contributed by atoms with Crippen molar-refractivity contribution < 1.29 is 19.5 Å². The third-order valence-electron chi connectivity index (χ3n) is 3.64. The number of likely N-dealkylation sites (N-methyl/N-ethyl adjacent to an activating group) is 2. The lowest BCUT2D eigenvalue weighted by atomic mass is 9.87. The van der Waals surface area contributed by atoms with Gasteiger partial charge in [0, 0.05) is 32.1 Å². The van der Waals surface area contributed by atoms with Gasteiger partial charge in [-0.3, -0.25) is 9.59 Å². The van der Waals surface area contributed by atoms with Crippen LogP contribution in [0.15, 0.2) is 0 Å². The molecule has 7 heteroatoms. The molecule has 1 atom stereocenters. The molecule has 0 bridgehead atoms. The van der Waals surface area contributed by atoms with E-state index in [1.54, 1.807) is 11.8 Å². The average Bonchev–Trinajstić information content (AvgIpc) is 2.33. The molecule has 0 spiro atoms. The number of carboxylic acids is 1. The highest BCUT2D eigenvalue weighted by Crippen LogP contribution is 2.25. The molecule has 0 aromatic heterocycles. The maximum atomic E-state index is 12.2. The third kappa shape index (κ3) is 3.85. The van der Waals surface area contributed by atoms with Gasteiger partial charge in [-0.2, -0.15) is 0 Å². The van der Waals surface area contributed by atoms with Gasteiger partial charge in [-0.1, -0.05) is 6.92 Å². The van der Waals surface area contributed by atoms with E-state index in [0.29, 0.717) is 26.2 Å². The van der Waals surface area contributed by atoms with E-state index >= 15 is 0 Å². The molecule has 0 aromatic rings. The van der Waals surface area contributed by atoms with Crippen molar-refractivity contribution in [3.8, 4) is 0 Å². The van der Waals surface area contributed by atoms with E-state index in [9.17, 15) is 14.4 Å². The van der Waals surface area contributed by atoms with Gasteiger partial charge < -0.3 is 20.2 Å². The van der Waals surface area contributed by atoms with Crippen LogP contribution in [0.5, 0.6) is 0 Å². The molecular weight excluding hydrogens is 262 g/mol. The van der Waals surface area contributed by atoms with Crippen molar-refractivity contribution in [2.75, 3.05) is 32.7 Å². The molecule has 1 aliphatic rings. The Hall–Kier alpha value is -1.79. The third-order valence-corrected chi connectivity index (χ3v) is 3.64. The van der Waals surface area contributed by atoms with Crippen LogP contribution in [0.3, 0.4) is 0 Å². The van der Waals surface area contributed by atoms with Crippen LogP contribution in [0.4, 0.5) is 4.79 Å². The van der Waals surface area contributed by atoms with E-state index in [1.807, 2.05) is 13.8 Å². The van der Waals surface area contributed by atoms with Crippen LogP contribution in [-0.2, 0) is 9.59 Å². The molecule has 1 heterocycles. The number of hydrogen-bond acceptors (Lipinski definition) is 3. The molecular formula is C13H23N3O4. The summed E-state index contributed by atoms with van der Waals surface area (Å²) in [6.07, 6.45) is 0. The molecule has 0 aromatic carbocycles. The average molecular weight is 285 g/mol. The minimum Gasteiger partial charge on any atom is -0.481 e. The summed E-state index contributed by atoms with van der Waals surface area (Å²) in [7, 11) is 0. The monoisotopic (exact) mass is 285 g/mol. The molecule has 1 rings (SSSR count). The smallest absolute Gasteiger partial charge is 0.320 e. The molecule has 1 unspecified atom stereocenters. The summed E-state index contributed by atoms with van der Waals surface area (Å²) < 4.78 is 0. The van der Waals surface area contributed by atoms with Gasteiger partial charge in [-0.15, -0.1) is 0 Å². The summed E-state index contributed by atoms with van der Waals surface area (Å²) in [5.41, 5.74) is 0. The van der Waals surface area contributed by atoms with Gasteiger partial charge in [0.1, 0.15) is 6.54 Å². The number of carboxylic acid groups (broad SMARTS) is 1. The van der Waals surface area contributed by atoms with Crippen LogP contribution in [-0.4, -0.2) is 65.5 Å². The standard InChI is InChI=1S/C13H23N3O4/c1-4-14-11(17)8-15(5-2)13(20)16-6-10(7-16)9(3)12(18)19/h9-10H,4-8H2,1-3H3,(H,14,17)(H,18,19). The van der Waals surface area contributed by atoms with Gasteiger partial charge in [0.25, 0.3) is 0 Å². The van der Waals surface area contributed by atoms with E-state index in [1.165, 1.54) is 4.90 Å². The van der Waals surface area contributed by atoms with Crippen molar-refractivity contribution in [3.05, 3.63) is 0 Å². The second kappa shape index (κ2) is 7.12. The summed E-state index contributed by atoms with van der Waals surface area (Å²) in [6.45, 7) is 7.20. The van der Waals surface area contributed by atoms with E-state index < -0.39 is 11.9 Å². The maximum absolute atomic E-state index is 12.2. The first-order valence-electron chi connectivity index (χ1n) is 6.94. The summed E-state index contributed by atoms with van der Waals surface area (Å²) in [5.74, 6) is -1.47. The molecule has 0 saturated carbocycles. The fourth-order valence-corrected chi connectivity index (χ4v) is 2.13. The number of urea groups is 1. The molecule has 114 valence electrons. The first-order chi connectivity index (χ1) is 9.40. The maximum Gasteiger partial charge on any atom is 0.320 e. The lowest BCUT2D eigenvalue weighted by molar-refractivity contribution is -0.144. The zero-order valence-corrected chi connectivity index (χ0v) is 12.3. The Morgan fingerprint density at radius 1 is 1.35 bits per heavy atom. The van der Waals surface area contributed by atoms with Crippen LogP contribution < -0.4 is 5.32 Å². The van der Waals surface area contributed by atoms with Crippen molar-refractivity contribution in [3.63, 3.8) is 0 Å². The quantitative estimate of drug-likeness (QED) is 0.730. The van der Waals surface area contributed by atoms with Crippen LogP contribution in [0, 0.1) is 11.8 Å². The second-order valence-electron chi connectivity index (χ2n) is 5.04. The van der Waals surface area contributed by atoms with E-state index in [0.717, 1.165) is 0 Å². The van der Waals surface area contributed by atoms with Gasteiger partial charge in [0.05, 0.1) is 5.92 Å². The van der Waals surface area contributed by atoms with Crippen molar-refractivity contribution in [1.82, 2.24) is 15.1 Å². The Labute approximate surface area is 118 Å². The zero-order valence-electron chi connectivity index (χ0n) is 12.3. The van der Waals surface area contributed by atoms with Crippen LogP contribution >= 0.6 is 0 Å². The Morgan fingerprint density at radius 3 is 2.40 bits per heavy atom. The summed E-state index contributed by atoms with van der Waals surface area (Å²) >= 11 is 0. The molecule has 20 heavy (non-hydrogen) atoms. The Kier molecular flexibility index (Phi) is 5.79. The van der Waals surface area contributed by atoms with Crippen LogP contribution in [0.2, 0.25) is 0 Å². The van der Waals surface area contributed by atoms with Gasteiger partial charge in [-0.05, 0) is 13.8 Å². The molecule has 1 fully saturated rings.